The molecule has 10 heteroatoms. The van der Waals surface area contributed by atoms with Gasteiger partial charge in [0, 0.05) is 42.5 Å². The van der Waals surface area contributed by atoms with Crippen molar-refractivity contribution in [2.45, 2.75) is 31.1 Å². The van der Waals surface area contributed by atoms with Gasteiger partial charge in [0.15, 0.2) is 0 Å². The summed E-state index contributed by atoms with van der Waals surface area (Å²) in [5, 5.41) is 2.99. The molecule has 2 aliphatic heterocycles. The Morgan fingerprint density at radius 2 is 1.62 bits per heavy atom. The Hall–Kier alpha value is -3.89. The molecule has 210 valence electrons. The van der Waals surface area contributed by atoms with Gasteiger partial charge in [-0.05, 0) is 91.9 Å². The van der Waals surface area contributed by atoms with Gasteiger partial charge in [0.1, 0.15) is 11.5 Å². The molecule has 3 aromatic carbocycles. The molecule has 1 fully saturated rings. The van der Waals surface area contributed by atoms with Crippen LogP contribution in [-0.2, 0) is 21.2 Å². The minimum Gasteiger partial charge on any atom is -0.497 e. The normalized spacial score (nSPS) is 15.9. The molecule has 0 spiro atoms. The molecule has 0 unspecified atom stereocenters. The van der Waals surface area contributed by atoms with E-state index in [1.54, 1.807) is 61.6 Å². The molecule has 0 saturated carbocycles. The molecule has 5 rings (SSSR count). The van der Waals surface area contributed by atoms with Gasteiger partial charge in [0.05, 0.1) is 19.1 Å². The quantitative estimate of drug-likeness (QED) is 0.461. The van der Waals surface area contributed by atoms with Gasteiger partial charge < -0.3 is 19.7 Å². The fraction of sp³-hybridized carbons (Fsp3) is 0.333. The predicted molar refractivity (Wildman–Crippen MR) is 153 cm³/mol. The summed E-state index contributed by atoms with van der Waals surface area (Å²) >= 11 is 0. The van der Waals surface area contributed by atoms with Crippen molar-refractivity contribution in [3.63, 3.8) is 0 Å². The number of amides is 2. The molecule has 0 radical (unpaired) electrons. The van der Waals surface area contributed by atoms with Crippen molar-refractivity contribution >= 4 is 33.2 Å². The van der Waals surface area contributed by atoms with Crippen LogP contribution in [-0.4, -0.2) is 58.4 Å². The van der Waals surface area contributed by atoms with Crippen molar-refractivity contribution in [2.75, 3.05) is 44.1 Å². The largest absolute Gasteiger partial charge is 0.497 e. The number of sulfonamides is 1. The van der Waals surface area contributed by atoms with Crippen molar-refractivity contribution < 1.29 is 27.5 Å². The first-order valence-corrected chi connectivity index (χ1v) is 14.7. The second kappa shape index (κ2) is 11.3. The molecule has 1 saturated heterocycles. The molecule has 2 heterocycles. The van der Waals surface area contributed by atoms with Gasteiger partial charge in [-0.3, -0.25) is 9.59 Å². The summed E-state index contributed by atoms with van der Waals surface area (Å²) in [5.41, 5.74) is 3.76. The third-order valence-electron chi connectivity index (χ3n) is 7.66. The zero-order valence-electron chi connectivity index (χ0n) is 22.8. The highest BCUT2D eigenvalue weighted by Gasteiger charge is 2.33. The SMILES string of the molecule is COc1ccc(C(=O)N2CCc3ccc(NC(=O)C4CCN(S(=O)(=O)c5ccc(OC)c(C)c5)CC4)cc32)cc1. The lowest BCUT2D eigenvalue weighted by molar-refractivity contribution is -0.120. The lowest BCUT2D eigenvalue weighted by atomic mass is 9.97. The fourth-order valence-corrected chi connectivity index (χ4v) is 6.88. The molecule has 9 nitrogen and oxygen atoms in total. The number of aryl methyl sites for hydroxylation is 1. The third-order valence-corrected chi connectivity index (χ3v) is 9.55. The molecule has 1 N–H and O–H groups in total. The third kappa shape index (κ3) is 5.41. The lowest BCUT2D eigenvalue weighted by Gasteiger charge is -2.30. The number of fused-ring (bicyclic) bond motifs is 1. The Balaban J connectivity index is 1.22. The van der Waals surface area contributed by atoms with Crippen molar-refractivity contribution in [1.82, 2.24) is 4.31 Å². The fourth-order valence-electron chi connectivity index (χ4n) is 5.32. The number of carbonyl (C=O) groups excluding carboxylic acids is 2. The average Bonchev–Trinajstić information content (AvgIpc) is 3.40. The van der Waals surface area contributed by atoms with E-state index in [4.69, 9.17) is 9.47 Å². The minimum atomic E-state index is -3.66. The zero-order chi connectivity index (χ0) is 28.4. The first-order valence-electron chi connectivity index (χ1n) is 13.3. The highest BCUT2D eigenvalue weighted by atomic mass is 32.2. The van der Waals surface area contributed by atoms with E-state index in [0.717, 1.165) is 23.2 Å². The van der Waals surface area contributed by atoms with Crippen LogP contribution in [0.3, 0.4) is 0 Å². The molecule has 0 bridgehead atoms. The summed E-state index contributed by atoms with van der Waals surface area (Å²) in [7, 11) is -0.534. The summed E-state index contributed by atoms with van der Waals surface area (Å²) in [6.45, 7) is 2.90. The number of hydrogen-bond acceptors (Lipinski definition) is 6. The number of piperidine rings is 1. The predicted octanol–water partition coefficient (Wildman–Crippen LogP) is 4.25. The number of nitrogens with one attached hydrogen (secondary N) is 1. The van der Waals surface area contributed by atoms with Gasteiger partial charge in [-0.25, -0.2) is 8.42 Å². The Labute approximate surface area is 234 Å². The van der Waals surface area contributed by atoms with Crippen molar-refractivity contribution in [3.8, 4) is 11.5 Å². The van der Waals surface area contributed by atoms with Crippen LogP contribution < -0.4 is 19.7 Å². The first-order chi connectivity index (χ1) is 19.2. The van der Waals surface area contributed by atoms with Gasteiger partial charge in [0.2, 0.25) is 15.9 Å². The van der Waals surface area contributed by atoms with Crippen LogP contribution in [0.2, 0.25) is 0 Å². The van der Waals surface area contributed by atoms with Crippen molar-refractivity contribution in [1.29, 1.82) is 0 Å². The number of methoxy groups -OCH3 is 2. The highest BCUT2D eigenvalue weighted by molar-refractivity contribution is 7.89. The monoisotopic (exact) mass is 563 g/mol. The molecular formula is C30H33N3O6S. The number of nitrogens with zero attached hydrogens (tertiary/aromatic N) is 2. The van der Waals surface area contributed by atoms with E-state index in [9.17, 15) is 18.0 Å². The standard InChI is InChI=1S/C30H33N3O6S/c1-20-18-26(10-11-28(20)39-3)40(36,37)32-15-12-22(13-16-32)29(34)31-24-7-4-21-14-17-33(27(21)19-24)30(35)23-5-8-25(38-2)9-6-23/h4-11,18-19,22H,12-17H2,1-3H3,(H,31,34). The molecule has 2 aliphatic rings. The van der Waals surface area contributed by atoms with E-state index in [1.165, 1.54) is 4.31 Å². The maximum Gasteiger partial charge on any atom is 0.258 e. The number of carbonyl (C=O) groups is 2. The van der Waals surface area contributed by atoms with E-state index < -0.39 is 10.0 Å². The van der Waals surface area contributed by atoms with E-state index in [1.807, 2.05) is 25.1 Å². The van der Waals surface area contributed by atoms with Crippen LogP contribution in [0, 0.1) is 12.8 Å². The average molecular weight is 564 g/mol. The van der Waals surface area contributed by atoms with E-state index in [2.05, 4.69) is 5.32 Å². The van der Waals surface area contributed by atoms with Crippen LogP contribution in [0.1, 0.15) is 34.3 Å². The second-order valence-electron chi connectivity index (χ2n) is 10.1. The van der Waals surface area contributed by atoms with Gasteiger partial charge in [-0.15, -0.1) is 0 Å². The Morgan fingerprint density at radius 3 is 2.27 bits per heavy atom. The van der Waals surface area contributed by atoms with E-state index >= 15 is 0 Å². The summed E-state index contributed by atoms with van der Waals surface area (Å²) in [6, 6.07) is 17.5. The van der Waals surface area contributed by atoms with Gasteiger partial charge in [-0.2, -0.15) is 4.31 Å². The Bertz CT molecular complexity index is 1530. The molecule has 40 heavy (non-hydrogen) atoms. The molecule has 0 aliphatic carbocycles. The van der Waals surface area contributed by atoms with E-state index in [0.29, 0.717) is 42.1 Å². The highest BCUT2D eigenvalue weighted by Crippen LogP contribution is 2.33. The van der Waals surface area contributed by atoms with Crippen LogP contribution in [0.25, 0.3) is 0 Å². The summed E-state index contributed by atoms with van der Waals surface area (Å²) in [5.74, 6) is 0.750. The van der Waals surface area contributed by atoms with Gasteiger partial charge >= 0.3 is 0 Å². The number of anilines is 2. The summed E-state index contributed by atoms with van der Waals surface area (Å²) in [6.07, 6.45) is 1.59. The summed E-state index contributed by atoms with van der Waals surface area (Å²) in [4.78, 5) is 28.3. The minimum absolute atomic E-state index is 0.106. The maximum atomic E-state index is 13.2. The second-order valence-corrected chi connectivity index (χ2v) is 12.0. The number of hydrogen-bond donors (Lipinski definition) is 1. The Kier molecular flexibility index (Phi) is 7.82. The molecular weight excluding hydrogens is 530 g/mol. The van der Waals surface area contributed by atoms with Crippen molar-refractivity contribution in [3.05, 3.63) is 77.4 Å². The van der Waals surface area contributed by atoms with Crippen molar-refractivity contribution in [2.24, 2.45) is 5.92 Å². The van der Waals surface area contributed by atoms with Gasteiger partial charge in [0.25, 0.3) is 5.91 Å². The smallest absolute Gasteiger partial charge is 0.258 e. The lowest BCUT2D eigenvalue weighted by Crippen LogP contribution is -2.41. The molecule has 2 amide bonds. The number of ether oxygens (including phenoxy) is 2. The molecule has 3 aromatic rings. The molecule has 0 atom stereocenters. The Morgan fingerprint density at radius 1 is 0.900 bits per heavy atom. The number of rotatable bonds is 7. The van der Waals surface area contributed by atoms with Crippen LogP contribution in [0.4, 0.5) is 11.4 Å². The van der Waals surface area contributed by atoms with E-state index in [-0.39, 0.29) is 35.7 Å². The summed E-state index contributed by atoms with van der Waals surface area (Å²) < 4.78 is 38.2. The molecule has 0 aromatic heterocycles. The van der Waals surface area contributed by atoms with Gasteiger partial charge in [-0.1, -0.05) is 6.07 Å². The van der Waals surface area contributed by atoms with Crippen LogP contribution >= 0.6 is 0 Å². The maximum absolute atomic E-state index is 13.2. The van der Waals surface area contributed by atoms with Crippen LogP contribution in [0.15, 0.2) is 65.6 Å². The number of benzene rings is 3. The zero-order valence-corrected chi connectivity index (χ0v) is 23.7. The van der Waals surface area contributed by atoms with Crippen LogP contribution in [0.5, 0.6) is 11.5 Å². The topological polar surface area (TPSA) is 105 Å². The first kappa shape index (κ1) is 27.7.